The van der Waals surface area contributed by atoms with E-state index in [4.69, 9.17) is 9.47 Å². The number of methoxy groups -OCH3 is 1. The van der Waals surface area contributed by atoms with Crippen molar-refractivity contribution >= 4 is 5.91 Å². The molecule has 2 fully saturated rings. The number of rotatable bonds is 3. The number of carbonyl (C=O) groups is 1. The van der Waals surface area contributed by atoms with Gasteiger partial charge in [0.2, 0.25) is 5.91 Å². The van der Waals surface area contributed by atoms with Crippen LogP contribution in [0, 0.1) is 5.92 Å². The van der Waals surface area contributed by atoms with E-state index in [1.54, 1.807) is 12.1 Å². The highest BCUT2D eigenvalue weighted by molar-refractivity contribution is 5.79. The van der Waals surface area contributed by atoms with E-state index in [1.807, 2.05) is 18.0 Å². The minimum absolute atomic E-state index is 0.0897. The highest BCUT2D eigenvalue weighted by Crippen LogP contribution is 2.28. The molecular weight excluding hydrogens is 284 g/mol. The number of carbonyl (C=O) groups excluding carboxylic acids is 1. The Hall–Kier alpha value is -1.79. The smallest absolute Gasteiger partial charge is 0.229 e. The Kier molecular flexibility index (Phi) is 4.22. The van der Waals surface area contributed by atoms with Gasteiger partial charge in [-0.2, -0.15) is 0 Å². The van der Waals surface area contributed by atoms with Crippen LogP contribution in [0.25, 0.3) is 0 Å². The number of aromatic hydroxyl groups is 1. The van der Waals surface area contributed by atoms with Crippen molar-refractivity contribution in [3.63, 3.8) is 0 Å². The van der Waals surface area contributed by atoms with Crippen LogP contribution in [0.4, 0.5) is 0 Å². The molecule has 0 spiro atoms. The Labute approximate surface area is 130 Å². The molecule has 0 radical (unpaired) electrons. The third-order valence-electron chi connectivity index (χ3n) is 4.47. The highest BCUT2D eigenvalue weighted by Gasteiger charge is 2.37. The Morgan fingerprint density at radius 2 is 2.18 bits per heavy atom. The summed E-state index contributed by atoms with van der Waals surface area (Å²) in [5.74, 6) is 0.679. The molecule has 2 bridgehead atoms. The third-order valence-corrected chi connectivity index (χ3v) is 4.47. The molecule has 2 aliphatic rings. The number of nitrogens with zero attached hydrogens (tertiary/aromatic N) is 2. The number of hydrogen-bond acceptors (Lipinski definition) is 5. The second-order valence-electron chi connectivity index (χ2n) is 6.04. The zero-order chi connectivity index (χ0) is 15.7. The minimum atomic E-state index is -0.107. The molecule has 0 aliphatic carbocycles. The van der Waals surface area contributed by atoms with E-state index in [9.17, 15) is 9.90 Å². The summed E-state index contributed by atoms with van der Waals surface area (Å²) >= 11 is 0. The maximum absolute atomic E-state index is 12.3. The lowest BCUT2D eigenvalue weighted by Gasteiger charge is -2.29. The molecule has 1 amide bonds. The van der Waals surface area contributed by atoms with Gasteiger partial charge in [-0.25, -0.2) is 0 Å². The van der Waals surface area contributed by atoms with Crippen LogP contribution in [0.15, 0.2) is 18.2 Å². The van der Waals surface area contributed by atoms with Crippen LogP contribution in [0.1, 0.15) is 5.56 Å². The lowest BCUT2D eigenvalue weighted by Crippen LogP contribution is -2.42. The van der Waals surface area contributed by atoms with Crippen molar-refractivity contribution in [3.8, 4) is 11.5 Å². The number of likely N-dealkylation sites (N-methyl/N-ethyl adjacent to an activating group) is 1. The molecule has 120 valence electrons. The van der Waals surface area contributed by atoms with Crippen molar-refractivity contribution in [2.75, 3.05) is 40.5 Å². The van der Waals surface area contributed by atoms with Crippen molar-refractivity contribution in [3.05, 3.63) is 23.8 Å². The molecule has 2 saturated heterocycles. The number of fused-ring (bicyclic) bond motifs is 3. The van der Waals surface area contributed by atoms with Crippen LogP contribution in [0.2, 0.25) is 0 Å². The van der Waals surface area contributed by atoms with Crippen LogP contribution in [0.5, 0.6) is 11.5 Å². The van der Waals surface area contributed by atoms with E-state index in [-0.39, 0.29) is 23.6 Å². The quantitative estimate of drug-likeness (QED) is 0.890. The molecule has 1 aromatic carbocycles. The summed E-state index contributed by atoms with van der Waals surface area (Å²) in [4.78, 5) is 16.4. The highest BCUT2D eigenvalue weighted by atomic mass is 16.5. The monoisotopic (exact) mass is 306 g/mol. The predicted octanol–water partition coefficient (Wildman–Crippen LogP) is 0.690. The van der Waals surface area contributed by atoms with Gasteiger partial charge in [-0.3, -0.25) is 9.69 Å². The fourth-order valence-electron chi connectivity index (χ4n) is 3.21. The Bertz CT molecular complexity index is 563. The number of phenolic OH excluding ortho intramolecular Hbond substituents is 1. The van der Waals surface area contributed by atoms with E-state index in [0.29, 0.717) is 32.1 Å². The van der Waals surface area contributed by atoms with Gasteiger partial charge in [0.05, 0.1) is 32.3 Å². The lowest BCUT2D eigenvalue weighted by atomic mass is 10.1. The number of amides is 1. The molecule has 2 heterocycles. The van der Waals surface area contributed by atoms with Crippen molar-refractivity contribution in [2.24, 2.45) is 5.92 Å². The normalized spacial score (nSPS) is 25.9. The first-order valence-electron chi connectivity index (χ1n) is 7.51. The summed E-state index contributed by atoms with van der Waals surface area (Å²) in [6.07, 6.45) is 0. The lowest BCUT2D eigenvalue weighted by molar-refractivity contribution is -0.133. The fourth-order valence-corrected chi connectivity index (χ4v) is 3.21. The van der Waals surface area contributed by atoms with Crippen molar-refractivity contribution in [1.29, 1.82) is 0 Å². The number of hydrogen-bond donors (Lipinski definition) is 1. The van der Waals surface area contributed by atoms with E-state index >= 15 is 0 Å². The van der Waals surface area contributed by atoms with Gasteiger partial charge >= 0.3 is 0 Å². The van der Waals surface area contributed by atoms with E-state index in [1.165, 1.54) is 7.11 Å². The van der Waals surface area contributed by atoms with Gasteiger partial charge in [0.15, 0.2) is 11.5 Å². The number of benzene rings is 1. The zero-order valence-corrected chi connectivity index (χ0v) is 13.0. The maximum atomic E-state index is 12.3. The van der Waals surface area contributed by atoms with Crippen molar-refractivity contribution in [1.82, 2.24) is 9.80 Å². The number of ether oxygens (including phenoxy) is 2. The molecule has 1 aromatic rings. The Morgan fingerprint density at radius 1 is 1.36 bits per heavy atom. The third kappa shape index (κ3) is 2.89. The fraction of sp³-hybridized carbons (Fsp3) is 0.562. The first-order valence-corrected chi connectivity index (χ1v) is 7.51. The molecule has 6 heteroatoms. The van der Waals surface area contributed by atoms with E-state index < -0.39 is 0 Å². The van der Waals surface area contributed by atoms with Gasteiger partial charge in [0.1, 0.15) is 0 Å². The topological polar surface area (TPSA) is 62.2 Å². The summed E-state index contributed by atoms with van der Waals surface area (Å²) in [5.41, 5.74) is 1.01. The minimum Gasteiger partial charge on any atom is -0.504 e. The summed E-state index contributed by atoms with van der Waals surface area (Å²) in [6.45, 7) is 3.25. The molecule has 0 unspecified atom stereocenters. The average molecular weight is 306 g/mol. The van der Waals surface area contributed by atoms with Crippen LogP contribution in [-0.4, -0.2) is 67.3 Å². The van der Waals surface area contributed by atoms with Crippen LogP contribution >= 0.6 is 0 Å². The maximum Gasteiger partial charge on any atom is 0.229 e. The van der Waals surface area contributed by atoms with Gasteiger partial charge < -0.3 is 19.5 Å². The summed E-state index contributed by atoms with van der Waals surface area (Å²) in [6, 6.07) is 5.53. The average Bonchev–Trinajstić information content (AvgIpc) is 2.66. The molecule has 6 nitrogen and oxygen atoms in total. The Morgan fingerprint density at radius 3 is 2.91 bits per heavy atom. The van der Waals surface area contributed by atoms with Crippen LogP contribution < -0.4 is 4.74 Å². The second-order valence-corrected chi connectivity index (χ2v) is 6.04. The summed E-state index contributed by atoms with van der Waals surface area (Å²) in [5, 5.41) is 9.90. The number of phenols is 1. The first kappa shape index (κ1) is 15.1. The predicted molar refractivity (Wildman–Crippen MR) is 80.8 cm³/mol. The zero-order valence-electron chi connectivity index (χ0n) is 13.0. The molecule has 1 N–H and O–H groups in total. The molecule has 0 aromatic heterocycles. The first-order chi connectivity index (χ1) is 10.6. The molecule has 2 aliphatic heterocycles. The summed E-state index contributed by atoms with van der Waals surface area (Å²) < 4.78 is 10.7. The van der Waals surface area contributed by atoms with Crippen molar-refractivity contribution < 1.29 is 19.4 Å². The van der Waals surface area contributed by atoms with Gasteiger partial charge in [0, 0.05) is 26.7 Å². The molecule has 0 saturated carbocycles. The second kappa shape index (κ2) is 6.14. The Balaban J connectivity index is 1.75. The molecular formula is C16H22N2O4. The van der Waals surface area contributed by atoms with Crippen molar-refractivity contribution in [2.45, 2.75) is 12.6 Å². The molecule has 3 rings (SSSR count). The molecule has 22 heavy (non-hydrogen) atoms. The standard InChI is InChI=1S/C16H22N2O4/c1-17-13-8-18(7-12(16(17)20)9-22-10-13)6-11-3-4-15(21-2)14(19)5-11/h3-5,12-13,19H,6-10H2,1-2H3/t12-,13+/m1/s1. The van der Waals surface area contributed by atoms with Crippen LogP contribution in [0.3, 0.4) is 0 Å². The van der Waals surface area contributed by atoms with Crippen LogP contribution in [-0.2, 0) is 16.1 Å². The molecule has 2 atom stereocenters. The SMILES string of the molecule is COc1ccc(CN2C[C@@H]3COC[C@H](C2)N(C)C3=O)cc1O. The largest absolute Gasteiger partial charge is 0.504 e. The van der Waals surface area contributed by atoms with E-state index in [0.717, 1.165) is 12.1 Å². The van der Waals surface area contributed by atoms with E-state index in [2.05, 4.69) is 4.90 Å². The van der Waals surface area contributed by atoms with Gasteiger partial charge in [-0.1, -0.05) is 6.07 Å². The van der Waals surface area contributed by atoms with Gasteiger partial charge in [-0.15, -0.1) is 0 Å². The van der Waals surface area contributed by atoms with Gasteiger partial charge in [0.25, 0.3) is 0 Å². The summed E-state index contributed by atoms with van der Waals surface area (Å²) in [7, 11) is 3.39. The van der Waals surface area contributed by atoms with Gasteiger partial charge in [-0.05, 0) is 17.7 Å².